The summed E-state index contributed by atoms with van der Waals surface area (Å²) < 4.78 is 0. The van der Waals surface area contributed by atoms with E-state index in [4.69, 9.17) is 40.5 Å². The van der Waals surface area contributed by atoms with Crippen LogP contribution in [0.1, 0.15) is 44.2 Å². The van der Waals surface area contributed by atoms with Gasteiger partial charge in [-0.3, -0.25) is 0 Å². The summed E-state index contributed by atoms with van der Waals surface area (Å²) in [6.45, 7) is 2.10. The van der Waals surface area contributed by atoms with Crippen LogP contribution in [0.4, 0.5) is 0 Å². The molecule has 0 amide bonds. The average Bonchev–Trinajstić information content (AvgIpc) is 2.39. The molecule has 1 unspecified atom stereocenters. The summed E-state index contributed by atoms with van der Waals surface area (Å²) in [7, 11) is 0. The third kappa shape index (κ3) is 3.77. The summed E-state index contributed by atoms with van der Waals surface area (Å²) >= 11 is 18.3. The molecule has 1 aromatic rings. The van der Waals surface area contributed by atoms with Crippen LogP contribution >= 0.6 is 34.8 Å². The van der Waals surface area contributed by atoms with E-state index in [0.717, 1.165) is 31.2 Å². The molecule has 1 aliphatic carbocycles. The van der Waals surface area contributed by atoms with Gasteiger partial charge in [-0.1, -0.05) is 40.9 Å². The molecule has 1 fully saturated rings. The number of benzene rings is 1. The second kappa shape index (κ2) is 6.64. The predicted molar refractivity (Wildman–Crippen MR) is 83.3 cm³/mol. The van der Waals surface area contributed by atoms with Crippen molar-refractivity contribution in [3.8, 4) is 0 Å². The molecule has 0 bridgehead atoms. The van der Waals surface area contributed by atoms with Crippen LogP contribution in [0.25, 0.3) is 0 Å². The molecule has 3 N–H and O–H groups in total. The Morgan fingerprint density at radius 2 is 1.74 bits per heavy atom. The van der Waals surface area contributed by atoms with E-state index >= 15 is 0 Å². The maximum atomic E-state index is 6.26. The minimum Gasteiger partial charge on any atom is -0.328 e. The van der Waals surface area contributed by atoms with Gasteiger partial charge in [0.25, 0.3) is 0 Å². The quantitative estimate of drug-likeness (QED) is 0.800. The van der Waals surface area contributed by atoms with Crippen molar-refractivity contribution in [1.29, 1.82) is 0 Å². The van der Waals surface area contributed by atoms with Gasteiger partial charge in [0, 0.05) is 18.1 Å². The molecule has 0 aliphatic heterocycles. The number of nitrogens with one attached hydrogen (secondary N) is 1. The largest absolute Gasteiger partial charge is 0.328 e. The third-order valence-corrected chi connectivity index (χ3v) is 5.10. The van der Waals surface area contributed by atoms with Crippen molar-refractivity contribution >= 4 is 34.8 Å². The standard InChI is InChI=1S/C14H19Cl3N2/c1-8(19-10-4-2-9(18)3-5-10)11-6-7-12(15)14(17)13(11)16/h6-10,19H,2-5,18H2,1H3. The summed E-state index contributed by atoms with van der Waals surface area (Å²) in [5.74, 6) is 0. The Morgan fingerprint density at radius 3 is 2.37 bits per heavy atom. The zero-order valence-corrected chi connectivity index (χ0v) is 13.2. The lowest BCUT2D eigenvalue weighted by atomic mass is 9.91. The molecular weight excluding hydrogens is 303 g/mol. The van der Waals surface area contributed by atoms with Crippen LogP contribution in [-0.4, -0.2) is 12.1 Å². The van der Waals surface area contributed by atoms with Crippen molar-refractivity contribution in [2.45, 2.75) is 50.7 Å². The van der Waals surface area contributed by atoms with Crippen molar-refractivity contribution in [3.05, 3.63) is 32.8 Å². The van der Waals surface area contributed by atoms with Crippen molar-refractivity contribution in [3.63, 3.8) is 0 Å². The number of hydrogen-bond donors (Lipinski definition) is 2. The van der Waals surface area contributed by atoms with Crippen molar-refractivity contribution < 1.29 is 0 Å². The van der Waals surface area contributed by atoms with Gasteiger partial charge < -0.3 is 11.1 Å². The van der Waals surface area contributed by atoms with E-state index in [-0.39, 0.29) is 6.04 Å². The first-order valence-corrected chi connectivity index (χ1v) is 7.77. The summed E-state index contributed by atoms with van der Waals surface area (Å²) in [5, 5.41) is 5.07. The lowest BCUT2D eigenvalue weighted by molar-refractivity contribution is 0.322. The smallest absolute Gasteiger partial charge is 0.0781 e. The second-order valence-corrected chi connectivity index (χ2v) is 6.43. The van der Waals surface area contributed by atoms with Gasteiger partial charge >= 0.3 is 0 Å². The minimum absolute atomic E-state index is 0.154. The van der Waals surface area contributed by atoms with Gasteiger partial charge in [-0.05, 0) is 44.2 Å². The van der Waals surface area contributed by atoms with Gasteiger partial charge in [0.05, 0.1) is 15.1 Å². The van der Waals surface area contributed by atoms with E-state index in [0.29, 0.717) is 27.2 Å². The molecule has 1 aliphatic rings. The van der Waals surface area contributed by atoms with E-state index in [1.807, 2.05) is 6.07 Å². The van der Waals surface area contributed by atoms with Gasteiger partial charge in [0.1, 0.15) is 0 Å². The summed E-state index contributed by atoms with van der Waals surface area (Å²) in [4.78, 5) is 0. The van der Waals surface area contributed by atoms with Gasteiger partial charge in [-0.2, -0.15) is 0 Å². The summed E-state index contributed by atoms with van der Waals surface area (Å²) in [6, 6.07) is 4.74. The maximum absolute atomic E-state index is 6.26. The maximum Gasteiger partial charge on any atom is 0.0781 e. The van der Waals surface area contributed by atoms with E-state index in [1.54, 1.807) is 6.07 Å². The average molecular weight is 322 g/mol. The van der Waals surface area contributed by atoms with Crippen LogP contribution in [0.15, 0.2) is 12.1 Å². The highest BCUT2D eigenvalue weighted by Crippen LogP contribution is 2.35. The van der Waals surface area contributed by atoms with Gasteiger partial charge in [-0.25, -0.2) is 0 Å². The number of halogens is 3. The normalized spacial score (nSPS) is 25.3. The zero-order chi connectivity index (χ0) is 14.0. The second-order valence-electron chi connectivity index (χ2n) is 5.26. The van der Waals surface area contributed by atoms with E-state index in [9.17, 15) is 0 Å². The molecule has 19 heavy (non-hydrogen) atoms. The molecule has 0 saturated heterocycles. The Balaban J connectivity index is 2.04. The Morgan fingerprint density at radius 1 is 1.11 bits per heavy atom. The van der Waals surface area contributed by atoms with Gasteiger partial charge in [0.2, 0.25) is 0 Å². The van der Waals surface area contributed by atoms with Crippen LogP contribution in [0.3, 0.4) is 0 Å². The van der Waals surface area contributed by atoms with E-state index in [1.165, 1.54) is 0 Å². The van der Waals surface area contributed by atoms with Crippen LogP contribution in [-0.2, 0) is 0 Å². The molecule has 106 valence electrons. The van der Waals surface area contributed by atoms with Crippen LogP contribution in [0, 0.1) is 0 Å². The highest BCUT2D eigenvalue weighted by atomic mass is 35.5. The predicted octanol–water partition coefficient (Wildman–Crippen LogP) is 4.57. The zero-order valence-electron chi connectivity index (χ0n) is 10.9. The lowest BCUT2D eigenvalue weighted by Crippen LogP contribution is -2.38. The molecule has 0 aromatic heterocycles. The Bertz CT molecular complexity index is 443. The Hall–Kier alpha value is 0.01000. The van der Waals surface area contributed by atoms with Gasteiger partial charge in [0.15, 0.2) is 0 Å². The molecule has 1 atom stereocenters. The van der Waals surface area contributed by atoms with Crippen LogP contribution in [0.5, 0.6) is 0 Å². The molecule has 0 heterocycles. The lowest BCUT2D eigenvalue weighted by Gasteiger charge is -2.30. The highest BCUT2D eigenvalue weighted by molar-refractivity contribution is 6.48. The minimum atomic E-state index is 0.154. The molecule has 5 heteroatoms. The van der Waals surface area contributed by atoms with Crippen molar-refractivity contribution in [2.75, 3.05) is 0 Å². The first-order chi connectivity index (χ1) is 8.99. The Kier molecular flexibility index (Phi) is 5.38. The fourth-order valence-corrected chi connectivity index (χ4v) is 3.31. The van der Waals surface area contributed by atoms with Crippen molar-refractivity contribution in [1.82, 2.24) is 5.32 Å². The number of nitrogens with two attached hydrogens (primary N) is 1. The first-order valence-electron chi connectivity index (χ1n) is 6.64. The fourth-order valence-electron chi connectivity index (χ4n) is 2.60. The number of hydrogen-bond acceptors (Lipinski definition) is 2. The van der Waals surface area contributed by atoms with Gasteiger partial charge in [-0.15, -0.1) is 0 Å². The molecule has 0 spiro atoms. The first kappa shape index (κ1) is 15.4. The molecular formula is C14H19Cl3N2. The van der Waals surface area contributed by atoms with E-state index < -0.39 is 0 Å². The molecule has 2 nitrogen and oxygen atoms in total. The fraction of sp³-hybridized carbons (Fsp3) is 0.571. The topological polar surface area (TPSA) is 38.0 Å². The Labute approximate surface area is 129 Å². The molecule has 1 saturated carbocycles. The molecule has 2 rings (SSSR count). The highest BCUT2D eigenvalue weighted by Gasteiger charge is 2.21. The summed E-state index contributed by atoms with van der Waals surface area (Å²) in [6.07, 6.45) is 4.40. The van der Waals surface area contributed by atoms with Crippen LogP contribution in [0.2, 0.25) is 15.1 Å². The third-order valence-electron chi connectivity index (χ3n) is 3.79. The SMILES string of the molecule is CC(NC1CCC(N)CC1)c1ccc(Cl)c(Cl)c1Cl. The summed E-state index contributed by atoms with van der Waals surface area (Å²) in [5.41, 5.74) is 6.91. The number of rotatable bonds is 3. The van der Waals surface area contributed by atoms with Crippen molar-refractivity contribution in [2.24, 2.45) is 5.73 Å². The molecule has 0 radical (unpaired) electrons. The monoisotopic (exact) mass is 320 g/mol. The molecule has 1 aromatic carbocycles. The van der Waals surface area contributed by atoms with Crippen LogP contribution < -0.4 is 11.1 Å². The van der Waals surface area contributed by atoms with E-state index in [2.05, 4.69) is 12.2 Å².